The predicted octanol–water partition coefficient (Wildman–Crippen LogP) is 1.02. The fourth-order valence-corrected chi connectivity index (χ4v) is 2.99. The summed E-state index contributed by atoms with van der Waals surface area (Å²) in [6.45, 7) is 0.600. The SMILES string of the molecule is CCCCCCCOP(=O)(O)O[C@](O)(CO)[C@H]1OC(=O)C(O)=C1O. The Kier molecular flexibility index (Phi) is 7.65. The van der Waals surface area contributed by atoms with Crippen molar-refractivity contribution in [2.45, 2.75) is 50.9 Å². The molecule has 1 unspecified atom stereocenters. The molecule has 10 nitrogen and oxygen atoms in total. The van der Waals surface area contributed by atoms with Gasteiger partial charge in [0.25, 0.3) is 0 Å². The zero-order valence-corrected chi connectivity index (χ0v) is 14.1. The number of esters is 1. The summed E-state index contributed by atoms with van der Waals surface area (Å²) < 4.78 is 25.4. The van der Waals surface area contributed by atoms with Crippen LogP contribution in [-0.4, -0.2) is 56.4 Å². The smallest absolute Gasteiger partial charge is 0.474 e. The number of aliphatic hydroxyl groups is 4. The van der Waals surface area contributed by atoms with Crippen molar-refractivity contribution in [3.8, 4) is 0 Å². The second-order valence-corrected chi connectivity index (χ2v) is 6.71. The molecule has 0 aromatic heterocycles. The van der Waals surface area contributed by atoms with Crippen LogP contribution in [0.2, 0.25) is 0 Å². The van der Waals surface area contributed by atoms with Crippen LogP contribution >= 0.6 is 7.82 Å². The van der Waals surface area contributed by atoms with Crippen LogP contribution in [0.1, 0.15) is 39.0 Å². The van der Waals surface area contributed by atoms with Crippen molar-refractivity contribution in [2.24, 2.45) is 0 Å². The van der Waals surface area contributed by atoms with E-state index in [1.807, 2.05) is 6.92 Å². The molecule has 0 amide bonds. The average molecular weight is 370 g/mol. The molecule has 140 valence electrons. The lowest BCUT2D eigenvalue weighted by Gasteiger charge is -2.31. The van der Waals surface area contributed by atoms with E-state index in [0.717, 1.165) is 25.7 Å². The Bertz CT molecular complexity index is 519. The Balaban J connectivity index is 2.62. The van der Waals surface area contributed by atoms with E-state index >= 15 is 0 Å². The first-order valence-electron chi connectivity index (χ1n) is 7.51. The molecule has 5 N–H and O–H groups in total. The summed E-state index contributed by atoms with van der Waals surface area (Å²) in [7, 11) is -4.82. The average Bonchev–Trinajstić information content (AvgIpc) is 2.78. The summed E-state index contributed by atoms with van der Waals surface area (Å²) >= 11 is 0. The van der Waals surface area contributed by atoms with E-state index in [-0.39, 0.29) is 6.61 Å². The number of carbonyl (C=O) groups excluding carboxylic acids is 1. The zero-order valence-electron chi connectivity index (χ0n) is 13.3. The molecule has 11 heteroatoms. The number of phosphoric ester groups is 1. The van der Waals surface area contributed by atoms with Gasteiger partial charge >= 0.3 is 13.8 Å². The Labute approximate surface area is 138 Å². The molecule has 3 atom stereocenters. The number of aliphatic hydroxyl groups excluding tert-OH is 3. The Morgan fingerprint density at radius 2 is 1.88 bits per heavy atom. The van der Waals surface area contributed by atoms with Gasteiger partial charge in [-0.2, -0.15) is 0 Å². The molecule has 0 aromatic rings. The van der Waals surface area contributed by atoms with Gasteiger partial charge in [-0.1, -0.05) is 32.6 Å². The lowest BCUT2D eigenvalue weighted by Crippen LogP contribution is -2.49. The number of hydrogen-bond donors (Lipinski definition) is 5. The van der Waals surface area contributed by atoms with Crippen LogP contribution in [0.4, 0.5) is 0 Å². The molecule has 0 saturated carbocycles. The molecular formula is C13H23O10P. The van der Waals surface area contributed by atoms with Crippen LogP contribution in [-0.2, 0) is 23.1 Å². The molecule has 0 radical (unpaired) electrons. The molecule has 0 aromatic carbocycles. The van der Waals surface area contributed by atoms with Crippen LogP contribution in [0.25, 0.3) is 0 Å². The number of cyclic esters (lactones) is 1. The lowest BCUT2D eigenvalue weighted by molar-refractivity contribution is -0.234. The molecule has 1 aliphatic heterocycles. The van der Waals surface area contributed by atoms with E-state index in [0.29, 0.717) is 6.42 Å². The molecule has 0 bridgehead atoms. The third-order valence-electron chi connectivity index (χ3n) is 3.32. The molecule has 24 heavy (non-hydrogen) atoms. The van der Waals surface area contributed by atoms with Crippen molar-refractivity contribution in [3.63, 3.8) is 0 Å². The van der Waals surface area contributed by atoms with Gasteiger partial charge in [0.15, 0.2) is 5.76 Å². The maximum absolute atomic E-state index is 11.8. The van der Waals surface area contributed by atoms with Gasteiger partial charge in [-0.05, 0) is 6.42 Å². The maximum atomic E-state index is 11.8. The fourth-order valence-electron chi connectivity index (χ4n) is 2.02. The summed E-state index contributed by atoms with van der Waals surface area (Å²) in [5, 5.41) is 38.0. The topological polar surface area (TPSA) is 163 Å². The normalized spacial score (nSPS) is 23.0. The van der Waals surface area contributed by atoms with Crippen molar-refractivity contribution < 1.29 is 48.5 Å². The predicted molar refractivity (Wildman–Crippen MR) is 79.8 cm³/mol. The van der Waals surface area contributed by atoms with Gasteiger partial charge in [0.2, 0.25) is 17.7 Å². The monoisotopic (exact) mass is 370 g/mol. The molecule has 1 rings (SSSR count). The molecule has 0 saturated heterocycles. The number of carbonyl (C=O) groups is 1. The van der Waals surface area contributed by atoms with Crippen LogP contribution in [0.5, 0.6) is 0 Å². The molecule has 0 spiro atoms. The highest BCUT2D eigenvalue weighted by atomic mass is 31.2. The molecule has 0 fully saturated rings. The van der Waals surface area contributed by atoms with Crippen molar-refractivity contribution >= 4 is 13.8 Å². The number of ether oxygens (including phenoxy) is 1. The van der Waals surface area contributed by atoms with Gasteiger partial charge < -0.3 is 30.1 Å². The standard InChI is InChI=1S/C13H23O10P/c1-2-3-4-5-6-7-21-24(19,20)23-13(18,8-14)11-9(15)10(16)12(17)22-11/h11,14-16,18H,2-8H2,1H3,(H,19,20)/t11-,13+/m0/s1. The minimum absolute atomic E-state index is 0.128. The summed E-state index contributed by atoms with van der Waals surface area (Å²) in [5.74, 6) is -6.66. The Hall–Kier alpha value is -1.16. The van der Waals surface area contributed by atoms with E-state index in [4.69, 9.17) is 0 Å². The first kappa shape index (κ1) is 20.9. The van der Waals surface area contributed by atoms with Crippen LogP contribution in [0.3, 0.4) is 0 Å². The lowest BCUT2D eigenvalue weighted by atomic mass is 10.1. The van der Waals surface area contributed by atoms with Gasteiger partial charge in [-0.3, -0.25) is 4.52 Å². The summed E-state index contributed by atoms with van der Waals surface area (Å²) in [5.41, 5.74) is 0. The Morgan fingerprint density at radius 1 is 1.25 bits per heavy atom. The number of rotatable bonds is 11. The van der Waals surface area contributed by atoms with E-state index in [9.17, 15) is 34.7 Å². The largest absolute Gasteiger partial charge is 0.505 e. The summed E-state index contributed by atoms with van der Waals surface area (Å²) in [4.78, 5) is 20.7. The summed E-state index contributed by atoms with van der Waals surface area (Å²) in [6, 6.07) is 0. The Morgan fingerprint density at radius 3 is 2.38 bits per heavy atom. The molecular weight excluding hydrogens is 347 g/mol. The van der Waals surface area contributed by atoms with E-state index < -0.39 is 43.8 Å². The van der Waals surface area contributed by atoms with E-state index in [1.54, 1.807) is 0 Å². The second-order valence-electron chi connectivity index (χ2n) is 5.33. The quantitative estimate of drug-likeness (QED) is 0.154. The number of hydrogen-bond acceptors (Lipinski definition) is 9. The van der Waals surface area contributed by atoms with Crippen molar-refractivity contribution in [1.82, 2.24) is 0 Å². The van der Waals surface area contributed by atoms with Gasteiger partial charge in [-0.25, -0.2) is 13.9 Å². The van der Waals surface area contributed by atoms with Crippen LogP contribution < -0.4 is 0 Å². The highest BCUT2D eigenvalue weighted by molar-refractivity contribution is 7.47. The van der Waals surface area contributed by atoms with Crippen LogP contribution in [0.15, 0.2) is 11.5 Å². The van der Waals surface area contributed by atoms with Crippen molar-refractivity contribution in [2.75, 3.05) is 13.2 Å². The van der Waals surface area contributed by atoms with E-state index in [2.05, 4.69) is 13.8 Å². The van der Waals surface area contributed by atoms with Crippen molar-refractivity contribution in [1.29, 1.82) is 0 Å². The highest BCUT2D eigenvalue weighted by Crippen LogP contribution is 2.49. The third kappa shape index (κ3) is 5.44. The first-order valence-corrected chi connectivity index (χ1v) is 9.00. The number of phosphoric acid groups is 1. The maximum Gasteiger partial charge on any atom is 0.474 e. The zero-order chi connectivity index (χ0) is 18.4. The molecule has 1 aliphatic rings. The highest BCUT2D eigenvalue weighted by Gasteiger charge is 2.53. The molecule has 0 aliphatic carbocycles. The fraction of sp³-hybridized carbons (Fsp3) is 0.769. The third-order valence-corrected chi connectivity index (χ3v) is 4.38. The van der Waals surface area contributed by atoms with Crippen LogP contribution in [0, 0.1) is 0 Å². The van der Waals surface area contributed by atoms with Gasteiger partial charge in [-0.15, -0.1) is 0 Å². The van der Waals surface area contributed by atoms with Gasteiger partial charge in [0.05, 0.1) is 6.61 Å². The van der Waals surface area contributed by atoms with E-state index in [1.165, 1.54) is 0 Å². The minimum Gasteiger partial charge on any atom is -0.505 e. The first-order chi connectivity index (χ1) is 11.2. The van der Waals surface area contributed by atoms with Gasteiger partial charge in [0, 0.05) is 0 Å². The minimum atomic E-state index is -4.82. The number of unbranched alkanes of at least 4 members (excludes halogenated alkanes) is 4. The molecule has 1 heterocycles. The summed E-state index contributed by atoms with van der Waals surface area (Å²) in [6.07, 6.45) is 2.19. The van der Waals surface area contributed by atoms with Crippen molar-refractivity contribution in [3.05, 3.63) is 11.5 Å². The second kappa shape index (κ2) is 8.80. The van der Waals surface area contributed by atoms with Gasteiger partial charge in [0.1, 0.15) is 6.61 Å².